The van der Waals surface area contributed by atoms with Crippen LogP contribution in [0.15, 0.2) is 42.5 Å². The van der Waals surface area contributed by atoms with Gasteiger partial charge in [-0.1, -0.05) is 0 Å². The topological polar surface area (TPSA) is 85.4 Å². The molecule has 33 heavy (non-hydrogen) atoms. The standard InChI is InChI=1S/C24H23FN2O6/c1-4-32-21(28)19-17-12-33-18-11-15(31-3)9-10-16(18)20(17)27-23(30)26(22(29)24(19,27)2)14-7-5-13(25)6-8-14/h5-11,17,19-20H,4,12H2,1-3H3/t17-,19+,20+,24+/m1/s1. The van der Waals surface area contributed by atoms with Crippen LogP contribution in [-0.2, 0) is 14.3 Å². The number of rotatable bonds is 4. The lowest BCUT2D eigenvalue weighted by Crippen LogP contribution is -2.51. The van der Waals surface area contributed by atoms with Crippen molar-refractivity contribution in [2.24, 2.45) is 11.8 Å². The Morgan fingerprint density at radius 1 is 1.21 bits per heavy atom. The number of anilines is 1. The molecule has 2 fully saturated rings. The molecule has 0 saturated carbocycles. The second-order valence-electron chi connectivity index (χ2n) is 8.47. The smallest absolute Gasteiger partial charge is 0.332 e. The molecule has 8 nitrogen and oxygen atoms in total. The van der Waals surface area contributed by atoms with Gasteiger partial charge in [0.1, 0.15) is 22.9 Å². The number of nitrogens with zero attached hydrogens (tertiary/aromatic N) is 2. The van der Waals surface area contributed by atoms with E-state index in [0.29, 0.717) is 17.1 Å². The molecule has 0 aromatic heterocycles. The van der Waals surface area contributed by atoms with E-state index >= 15 is 0 Å². The van der Waals surface area contributed by atoms with Crippen molar-refractivity contribution in [1.82, 2.24) is 4.90 Å². The summed E-state index contributed by atoms with van der Waals surface area (Å²) >= 11 is 0. The number of hydrogen-bond acceptors (Lipinski definition) is 6. The maximum Gasteiger partial charge on any atom is 0.332 e. The molecule has 2 aromatic rings. The van der Waals surface area contributed by atoms with E-state index in [-0.39, 0.29) is 18.9 Å². The van der Waals surface area contributed by atoms with Crippen LogP contribution < -0.4 is 14.4 Å². The first-order valence-corrected chi connectivity index (χ1v) is 10.7. The Hall–Kier alpha value is -3.62. The van der Waals surface area contributed by atoms with Crippen LogP contribution in [0, 0.1) is 17.7 Å². The summed E-state index contributed by atoms with van der Waals surface area (Å²) in [7, 11) is 1.54. The van der Waals surface area contributed by atoms with Crippen molar-refractivity contribution in [2.45, 2.75) is 25.4 Å². The second-order valence-corrected chi connectivity index (χ2v) is 8.47. The molecule has 5 rings (SSSR count). The molecule has 2 saturated heterocycles. The number of amides is 3. The molecular weight excluding hydrogens is 431 g/mol. The van der Waals surface area contributed by atoms with Crippen LogP contribution in [0.3, 0.4) is 0 Å². The number of fused-ring (bicyclic) bond motifs is 5. The summed E-state index contributed by atoms with van der Waals surface area (Å²) in [6.45, 7) is 3.56. The van der Waals surface area contributed by atoms with Gasteiger partial charge in [-0.2, -0.15) is 0 Å². The van der Waals surface area contributed by atoms with E-state index in [1.54, 1.807) is 39.2 Å². The van der Waals surface area contributed by atoms with Crippen molar-refractivity contribution in [3.63, 3.8) is 0 Å². The minimum atomic E-state index is -1.49. The first-order valence-electron chi connectivity index (χ1n) is 10.7. The number of urea groups is 1. The molecule has 3 aliphatic rings. The number of halogens is 1. The molecule has 3 heterocycles. The Bertz CT molecular complexity index is 1150. The van der Waals surface area contributed by atoms with E-state index in [4.69, 9.17) is 14.2 Å². The summed E-state index contributed by atoms with van der Waals surface area (Å²) in [4.78, 5) is 43.1. The van der Waals surface area contributed by atoms with E-state index < -0.39 is 47.1 Å². The number of ether oxygens (including phenoxy) is 3. The third kappa shape index (κ3) is 2.84. The Labute approximate surface area is 189 Å². The van der Waals surface area contributed by atoms with Crippen molar-refractivity contribution in [2.75, 3.05) is 25.2 Å². The highest BCUT2D eigenvalue weighted by molar-refractivity contribution is 6.24. The number of esters is 1. The Kier molecular flexibility index (Phi) is 4.81. The van der Waals surface area contributed by atoms with Gasteiger partial charge in [-0.25, -0.2) is 14.1 Å². The van der Waals surface area contributed by atoms with E-state index in [1.807, 2.05) is 0 Å². The van der Waals surface area contributed by atoms with Crippen molar-refractivity contribution in [3.8, 4) is 11.5 Å². The largest absolute Gasteiger partial charge is 0.497 e. The van der Waals surface area contributed by atoms with Crippen LogP contribution in [0.5, 0.6) is 11.5 Å². The number of imide groups is 1. The molecule has 0 unspecified atom stereocenters. The fourth-order valence-electron chi connectivity index (χ4n) is 5.41. The average Bonchev–Trinajstić information content (AvgIpc) is 3.19. The third-order valence-electron chi connectivity index (χ3n) is 6.85. The van der Waals surface area contributed by atoms with Crippen LogP contribution >= 0.6 is 0 Å². The van der Waals surface area contributed by atoms with Gasteiger partial charge in [-0.05, 0) is 50.2 Å². The van der Waals surface area contributed by atoms with Crippen LogP contribution in [0.4, 0.5) is 14.9 Å². The Morgan fingerprint density at radius 2 is 1.94 bits per heavy atom. The average molecular weight is 454 g/mol. The molecule has 9 heteroatoms. The third-order valence-corrected chi connectivity index (χ3v) is 6.85. The zero-order valence-corrected chi connectivity index (χ0v) is 18.4. The van der Waals surface area contributed by atoms with Crippen molar-refractivity contribution >= 4 is 23.6 Å². The number of carbonyl (C=O) groups is 3. The minimum absolute atomic E-state index is 0.136. The maximum absolute atomic E-state index is 13.8. The minimum Gasteiger partial charge on any atom is -0.497 e. The molecule has 0 aliphatic carbocycles. The number of carbonyl (C=O) groups excluding carboxylic acids is 3. The molecule has 0 N–H and O–H groups in total. The van der Waals surface area contributed by atoms with Crippen LogP contribution in [-0.4, -0.2) is 48.7 Å². The van der Waals surface area contributed by atoms with Crippen LogP contribution in [0.1, 0.15) is 25.5 Å². The van der Waals surface area contributed by atoms with Crippen LogP contribution in [0.2, 0.25) is 0 Å². The summed E-state index contributed by atoms with van der Waals surface area (Å²) in [5, 5.41) is 0. The molecule has 3 aliphatic heterocycles. The first kappa shape index (κ1) is 21.2. The van der Waals surface area contributed by atoms with Gasteiger partial charge < -0.3 is 19.1 Å². The highest BCUT2D eigenvalue weighted by Crippen LogP contribution is 2.58. The van der Waals surface area contributed by atoms with Gasteiger partial charge in [-0.3, -0.25) is 9.59 Å². The summed E-state index contributed by atoms with van der Waals surface area (Å²) in [5.41, 5.74) is -0.562. The second kappa shape index (κ2) is 7.47. The monoisotopic (exact) mass is 454 g/mol. The van der Waals surface area contributed by atoms with Gasteiger partial charge in [0.25, 0.3) is 5.91 Å². The van der Waals surface area contributed by atoms with E-state index in [0.717, 1.165) is 4.90 Å². The molecular formula is C24H23FN2O6. The lowest BCUT2D eigenvalue weighted by molar-refractivity contribution is -0.154. The highest BCUT2D eigenvalue weighted by atomic mass is 19.1. The van der Waals surface area contributed by atoms with Crippen molar-refractivity contribution < 1.29 is 33.0 Å². The van der Waals surface area contributed by atoms with E-state index in [9.17, 15) is 18.8 Å². The lowest BCUT2D eigenvalue weighted by Gasteiger charge is -2.34. The summed E-state index contributed by atoms with van der Waals surface area (Å²) in [5.74, 6) is -1.88. The summed E-state index contributed by atoms with van der Waals surface area (Å²) < 4.78 is 30.1. The zero-order valence-electron chi connectivity index (χ0n) is 18.4. The van der Waals surface area contributed by atoms with Crippen molar-refractivity contribution in [3.05, 3.63) is 53.8 Å². The Morgan fingerprint density at radius 3 is 2.61 bits per heavy atom. The zero-order chi connectivity index (χ0) is 23.5. The fourth-order valence-corrected chi connectivity index (χ4v) is 5.41. The predicted octanol–water partition coefficient (Wildman–Crippen LogP) is 3.30. The molecule has 0 bridgehead atoms. The molecule has 0 radical (unpaired) electrons. The normalized spacial score (nSPS) is 27.6. The predicted molar refractivity (Wildman–Crippen MR) is 114 cm³/mol. The molecule has 3 amide bonds. The quantitative estimate of drug-likeness (QED) is 0.521. The molecule has 172 valence electrons. The summed E-state index contributed by atoms with van der Waals surface area (Å²) in [6.07, 6.45) is 0. The molecule has 4 atom stereocenters. The van der Waals surface area contributed by atoms with Gasteiger partial charge in [-0.15, -0.1) is 0 Å². The van der Waals surface area contributed by atoms with Crippen LogP contribution in [0.25, 0.3) is 0 Å². The molecule has 0 spiro atoms. The van der Waals surface area contributed by atoms with Gasteiger partial charge in [0, 0.05) is 17.5 Å². The SMILES string of the molecule is CCOC(=O)[C@@H]1[C@H]2COc3cc(OC)ccc3[C@@H]2N2C(=O)N(c3ccc(F)cc3)C(=O)[C@]12C. The first-order chi connectivity index (χ1) is 15.8. The maximum atomic E-state index is 13.8. The van der Waals surface area contributed by atoms with Crippen molar-refractivity contribution in [1.29, 1.82) is 0 Å². The van der Waals surface area contributed by atoms with Gasteiger partial charge in [0.2, 0.25) is 0 Å². The lowest BCUT2D eigenvalue weighted by atomic mass is 9.77. The molecule has 2 aromatic carbocycles. The Balaban J connectivity index is 1.66. The highest BCUT2D eigenvalue weighted by Gasteiger charge is 2.72. The van der Waals surface area contributed by atoms with Gasteiger partial charge in [0.15, 0.2) is 0 Å². The van der Waals surface area contributed by atoms with Gasteiger partial charge in [0.05, 0.1) is 38.0 Å². The van der Waals surface area contributed by atoms with Gasteiger partial charge >= 0.3 is 12.0 Å². The van der Waals surface area contributed by atoms with E-state index in [1.165, 1.54) is 29.2 Å². The number of hydrogen-bond donors (Lipinski definition) is 0. The number of methoxy groups -OCH3 is 1. The van der Waals surface area contributed by atoms with E-state index in [2.05, 4.69) is 0 Å². The fraction of sp³-hybridized carbons (Fsp3) is 0.375. The summed E-state index contributed by atoms with van der Waals surface area (Å²) in [6, 6.07) is 9.22. The number of benzene rings is 2.